The Balaban J connectivity index is 1.50. The lowest BCUT2D eigenvalue weighted by atomic mass is 10.1. The van der Waals surface area contributed by atoms with Gasteiger partial charge >= 0.3 is 7.82 Å². The van der Waals surface area contributed by atoms with Crippen molar-refractivity contribution >= 4 is 48.6 Å². The Bertz CT molecular complexity index is 1500. The molecule has 1 amide bonds. The largest absolute Gasteiger partial charge is 0.469 e. The minimum Gasteiger partial charge on any atom is -0.387 e. The van der Waals surface area contributed by atoms with E-state index < -0.39 is 51.2 Å². The van der Waals surface area contributed by atoms with E-state index in [9.17, 15) is 19.6 Å². The average molecular weight is 608 g/mol. The number of aliphatic hydroxyl groups is 2. The highest BCUT2D eigenvalue weighted by atomic mass is 35.5. The summed E-state index contributed by atoms with van der Waals surface area (Å²) in [5.74, 6) is -0.113. The molecule has 16 heteroatoms. The van der Waals surface area contributed by atoms with Crippen LogP contribution in [0.1, 0.15) is 16.7 Å². The molecule has 0 aliphatic carbocycles. The van der Waals surface area contributed by atoms with Crippen LogP contribution in [0.15, 0.2) is 77.0 Å². The summed E-state index contributed by atoms with van der Waals surface area (Å²) < 4.78 is 23.3. The van der Waals surface area contributed by atoms with Gasteiger partial charge in [0.25, 0.3) is 5.91 Å². The molecule has 3 aliphatic heterocycles. The second-order valence-corrected chi connectivity index (χ2v) is 11.8. The standard InChI is InChI=1S/C24H23ClN5O8PS/c25-13-6-8-15(9-7-13)40-24-27-17-20(30(24)22-19(32)18(31)16(38-22)12-37-39(34,35)36)29(14-4-2-1-3-5-14)23-26-10-11-28(23)21(17)33/h1-11,16,18-19,22-23,26,31-32H,12H2,(H2,34,35,36)/t16-,18-,19-,22-,23?/m1/s1. The van der Waals surface area contributed by atoms with Crippen molar-refractivity contribution in [2.75, 3.05) is 11.5 Å². The van der Waals surface area contributed by atoms with E-state index in [-0.39, 0.29) is 16.7 Å². The smallest absolute Gasteiger partial charge is 0.387 e. The number of nitrogens with one attached hydrogen (secondary N) is 1. The summed E-state index contributed by atoms with van der Waals surface area (Å²) in [5, 5.41) is 25.8. The fourth-order valence-corrected chi connectivity index (χ4v) is 6.15. The molecule has 2 aromatic carbocycles. The van der Waals surface area contributed by atoms with Crippen LogP contribution in [-0.2, 0) is 13.8 Å². The summed E-state index contributed by atoms with van der Waals surface area (Å²) >= 11 is 7.24. The van der Waals surface area contributed by atoms with E-state index in [4.69, 9.17) is 26.1 Å². The molecule has 1 aromatic heterocycles. The molecule has 1 saturated heterocycles. The van der Waals surface area contributed by atoms with Crippen molar-refractivity contribution in [3.63, 3.8) is 0 Å². The number of carbonyl (C=O) groups excluding carboxylic acids is 1. The number of hydrogen-bond donors (Lipinski definition) is 5. The van der Waals surface area contributed by atoms with Crippen LogP contribution in [-0.4, -0.2) is 71.6 Å². The molecule has 13 nitrogen and oxygen atoms in total. The van der Waals surface area contributed by atoms with Crippen molar-refractivity contribution in [3.8, 4) is 0 Å². The van der Waals surface area contributed by atoms with Gasteiger partial charge in [0.15, 0.2) is 29.2 Å². The first-order valence-electron chi connectivity index (χ1n) is 12.0. The van der Waals surface area contributed by atoms with E-state index in [0.29, 0.717) is 10.7 Å². The number of para-hydroxylation sites is 1. The number of carbonyl (C=O) groups is 1. The summed E-state index contributed by atoms with van der Waals surface area (Å²) in [6.45, 7) is -0.682. The topological polar surface area (TPSA) is 170 Å². The number of benzene rings is 2. The van der Waals surface area contributed by atoms with Gasteiger partial charge < -0.3 is 30.1 Å². The number of ether oxygens (including phenoxy) is 1. The van der Waals surface area contributed by atoms with Crippen LogP contribution < -0.4 is 10.2 Å². The summed E-state index contributed by atoms with van der Waals surface area (Å²) in [6.07, 6.45) is -3.13. The van der Waals surface area contributed by atoms with E-state index in [1.54, 1.807) is 36.7 Å². The number of halogens is 1. The first kappa shape index (κ1) is 27.3. The number of hydrogen-bond acceptors (Lipinski definition) is 10. The third-order valence-electron chi connectivity index (χ3n) is 6.56. The van der Waals surface area contributed by atoms with Gasteiger partial charge in [-0.1, -0.05) is 41.6 Å². The van der Waals surface area contributed by atoms with Crippen LogP contribution >= 0.6 is 31.2 Å². The molecule has 3 aromatic rings. The number of phosphoric acid groups is 1. The molecule has 1 unspecified atom stereocenters. The average Bonchev–Trinajstić information content (AvgIpc) is 3.62. The molecule has 3 aliphatic rings. The molecule has 0 radical (unpaired) electrons. The molecule has 0 spiro atoms. The van der Waals surface area contributed by atoms with Crippen LogP contribution in [0.2, 0.25) is 5.02 Å². The highest BCUT2D eigenvalue weighted by Crippen LogP contribution is 2.46. The summed E-state index contributed by atoms with van der Waals surface area (Å²) in [4.78, 5) is 40.6. The van der Waals surface area contributed by atoms with Crippen LogP contribution in [0.3, 0.4) is 0 Å². The maximum Gasteiger partial charge on any atom is 0.469 e. The van der Waals surface area contributed by atoms with Crippen LogP contribution in [0, 0.1) is 0 Å². The fourth-order valence-electron chi connectivity index (χ4n) is 4.78. The number of rotatable bonds is 7. The summed E-state index contributed by atoms with van der Waals surface area (Å²) in [7, 11) is -4.87. The Labute approximate surface area is 236 Å². The van der Waals surface area contributed by atoms with Crippen molar-refractivity contribution in [1.82, 2.24) is 19.8 Å². The van der Waals surface area contributed by atoms with Crippen molar-refractivity contribution in [3.05, 3.63) is 77.7 Å². The molecular weight excluding hydrogens is 585 g/mol. The van der Waals surface area contributed by atoms with E-state index >= 15 is 0 Å². The van der Waals surface area contributed by atoms with Gasteiger partial charge in [-0.3, -0.25) is 23.7 Å². The maximum atomic E-state index is 13.6. The van der Waals surface area contributed by atoms with Gasteiger partial charge in [0.2, 0.25) is 0 Å². The molecule has 6 rings (SSSR count). The minimum absolute atomic E-state index is 0.0742. The Hall–Kier alpha value is -2.91. The number of amides is 1. The zero-order valence-electron chi connectivity index (χ0n) is 20.4. The van der Waals surface area contributed by atoms with Gasteiger partial charge in [-0.15, -0.1) is 0 Å². The summed E-state index contributed by atoms with van der Waals surface area (Å²) in [6, 6.07) is 16.1. The Kier molecular flexibility index (Phi) is 7.15. The summed E-state index contributed by atoms with van der Waals surface area (Å²) in [5.41, 5.74) is 0.770. The third kappa shape index (κ3) is 4.91. The highest BCUT2D eigenvalue weighted by molar-refractivity contribution is 7.99. The van der Waals surface area contributed by atoms with Gasteiger partial charge in [-0.05, 0) is 36.4 Å². The number of fused-ring (bicyclic) bond motifs is 2. The SMILES string of the molecule is O=C1c2nc(Sc3ccc(Cl)cc3)n([C@@H]3O[C@H](COP(=O)(O)O)[C@@H](O)[C@H]3O)c2N(c2ccccc2)C2NC=CN12. The molecule has 40 heavy (non-hydrogen) atoms. The van der Waals surface area contributed by atoms with Crippen molar-refractivity contribution < 1.29 is 38.6 Å². The lowest BCUT2D eigenvalue weighted by Crippen LogP contribution is -2.55. The molecule has 210 valence electrons. The van der Waals surface area contributed by atoms with Crippen LogP contribution in [0.25, 0.3) is 0 Å². The molecule has 0 bridgehead atoms. The second kappa shape index (κ2) is 10.5. The number of anilines is 2. The predicted molar refractivity (Wildman–Crippen MR) is 143 cm³/mol. The van der Waals surface area contributed by atoms with Crippen molar-refractivity contribution in [2.24, 2.45) is 0 Å². The molecule has 0 saturated carbocycles. The van der Waals surface area contributed by atoms with E-state index in [1.165, 1.54) is 21.2 Å². The lowest BCUT2D eigenvalue weighted by molar-refractivity contribution is -0.0553. The number of nitrogens with zero attached hydrogens (tertiary/aromatic N) is 4. The Morgan fingerprint density at radius 3 is 2.52 bits per heavy atom. The van der Waals surface area contributed by atoms with E-state index in [2.05, 4.69) is 14.8 Å². The molecule has 1 fully saturated rings. The number of phosphoric ester groups is 1. The fraction of sp³-hybridized carbons (Fsp3) is 0.250. The Morgan fingerprint density at radius 2 is 1.82 bits per heavy atom. The van der Waals surface area contributed by atoms with Gasteiger partial charge in [0.05, 0.1) is 6.61 Å². The Morgan fingerprint density at radius 1 is 1.10 bits per heavy atom. The normalized spacial score (nSPS) is 25.7. The maximum absolute atomic E-state index is 13.6. The zero-order valence-corrected chi connectivity index (χ0v) is 22.9. The van der Waals surface area contributed by atoms with Crippen LogP contribution in [0.4, 0.5) is 11.5 Å². The number of aromatic nitrogens is 2. The van der Waals surface area contributed by atoms with Gasteiger partial charge in [0.1, 0.15) is 18.3 Å². The first-order chi connectivity index (χ1) is 19.1. The van der Waals surface area contributed by atoms with E-state index in [0.717, 1.165) is 4.90 Å². The van der Waals surface area contributed by atoms with Crippen LogP contribution in [0.5, 0.6) is 0 Å². The highest BCUT2D eigenvalue weighted by Gasteiger charge is 2.50. The number of aliphatic hydroxyl groups excluding tert-OH is 2. The molecule has 5 atom stereocenters. The lowest BCUT2D eigenvalue weighted by Gasteiger charge is -2.40. The quantitative estimate of drug-likeness (QED) is 0.249. The van der Waals surface area contributed by atoms with Crippen molar-refractivity contribution in [1.29, 1.82) is 0 Å². The first-order valence-corrected chi connectivity index (χ1v) is 14.7. The second-order valence-electron chi connectivity index (χ2n) is 9.10. The predicted octanol–water partition coefficient (Wildman–Crippen LogP) is 2.37. The minimum atomic E-state index is -4.87. The van der Waals surface area contributed by atoms with Crippen molar-refractivity contribution in [2.45, 2.75) is 40.9 Å². The third-order valence-corrected chi connectivity index (χ3v) is 8.28. The molecular formula is C24H23ClN5O8PS. The molecule has 5 N–H and O–H groups in total. The van der Waals surface area contributed by atoms with Gasteiger partial charge in [0, 0.05) is 28.0 Å². The van der Waals surface area contributed by atoms with Gasteiger partial charge in [-0.2, -0.15) is 0 Å². The zero-order chi connectivity index (χ0) is 28.2. The van der Waals surface area contributed by atoms with E-state index in [1.807, 2.05) is 35.2 Å². The molecule has 4 heterocycles. The van der Waals surface area contributed by atoms with Gasteiger partial charge in [-0.25, -0.2) is 9.55 Å². The monoisotopic (exact) mass is 607 g/mol. The number of imidazole rings is 1.